The van der Waals surface area contributed by atoms with Gasteiger partial charge in [-0.25, -0.2) is 0 Å². The zero-order valence-electron chi connectivity index (χ0n) is 14.5. The van der Waals surface area contributed by atoms with Crippen molar-refractivity contribution in [2.45, 2.75) is 6.42 Å². The van der Waals surface area contributed by atoms with Gasteiger partial charge >= 0.3 is 0 Å². The highest BCUT2D eigenvalue weighted by atomic mass is 127. The van der Waals surface area contributed by atoms with Crippen molar-refractivity contribution in [3.63, 3.8) is 0 Å². The molecule has 0 saturated heterocycles. The van der Waals surface area contributed by atoms with Crippen LogP contribution in [0.5, 0.6) is 5.75 Å². The van der Waals surface area contributed by atoms with Gasteiger partial charge in [-0.2, -0.15) is 5.10 Å². The van der Waals surface area contributed by atoms with Gasteiger partial charge in [-0.1, -0.05) is 18.2 Å². The molecule has 2 aromatic rings. The molecule has 0 aliphatic rings. The molecule has 1 aromatic carbocycles. The number of nitrogens with zero attached hydrogens (tertiary/aromatic N) is 4. The Morgan fingerprint density at radius 1 is 1.33 bits per heavy atom. The molecule has 0 unspecified atom stereocenters. The average molecular weight is 443 g/mol. The quantitative estimate of drug-likeness (QED) is 0.405. The zero-order chi connectivity index (χ0) is 16.5. The van der Waals surface area contributed by atoms with Gasteiger partial charge in [0.15, 0.2) is 5.96 Å². The van der Waals surface area contributed by atoms with Crippen LogP contribution in [0, 0.1) is 0 Å². The normalized spacial score (nSPS) is 10.9. The molecule has 2 rings (SSSR count). The van der Waals surface area contributed by atoms with Gasteiger partial charge in [-0.15, -0.1) is 24.0 Å². The highest BCUT2D eigenvalue weighted by Crippen LogP contribution is 2.07. The first-order valence-electron chi connectivity index (χ1n) is 7.76. The highest BCUT2D eigenvalue weighted by molar-refractivity contribution is 14.0. The van der Waals surface area contributed by atoms with Gasteiger partial charge in [0.05, 0.1) is 12.7 Å². The topological polar surface area (TPSA) is 54.7 Å². The van der Waals surface area contributed by atoms with Gasteiger partial charge in [0.2, 0.25) is 0 Å². The summed E-state index contributed by atoms with van der Waals surface area (Å²) in [5.41, 5.74) is 1.21. The molecule has 0 atom stereocenters. The monoisotopic (exact) mass is 443 g/mol. The van der Waals surface area contributed by atoms with Crippen molar-refractivity contribution in [3.05, 3.63) is 48.3 Å². The van der Waals surface area contributed by atoms with Gasteiger partial charge in [-0.05, 0) is 24.1 Å². The number of benzene rings is 1. The highest BCUT2D eigenvalue weighted by Gasteiger charge is 2.06. The number of hydrogen-bond acceptors (Lipinski definition) is 3. The molecular weight excluding hydrogens is 417 g/mol. The van der Waals surface area contributed by atoms with Crippen molar-refractivity contribution in [1.82, 2.24) is 20.0 Å². The zero-order valence-corrected chi connectivity index (χ0v) is 16.8. The Morgan fingerprint density at radius 2 is 2.08 bits per heavy atom. The number of aromatic nitrogens is 2. The molecule has 0 fully saturated rings. The predicted molar refractivity (Wildman–Crippen MR) is 108 cm³/mol. The Labute approximate surface area is 160 Å². The fraction of sp³-hybridized carbons (Fsp3) is 0.412. The van der Waals surface area contributed by atoms with Crippen LogP contribution in [-0.2, 0) is 13.5 Å². The molecule has 0 aliphatic carbocycles. The van der Waals surface area contributed by atoms with Crippen LogP contribution < -0.4 is 10.1 Å². The van der Waals surface area contributed by atoms with E-state index in [0.717, 1.165) is 31.2 Å². The van der Waals surface area contributed by atoms with Crippen LogP contribution in [0.4, 0.5) is 0 Å². The maximum absolute atomic E-state index is 5.71. The third kappa shape index (κ3) is 6.77. The summed E-state index contributed by atoms with van der Waals surface area (Å²) >= 11 is 0. The summed E-state index contributed by atoms with van der Waals surface area (Å²) in [6, 6.07) is 9.84. The van der Waals surface area contributed by atoms with E-state index < -0.39 is 0 Å². The fourth-order valence-electron chi connectivity index (χ4n) is 2.23. The summed E-state index contributed by atoms with van der Waals surface area (Å²) in [4.78, 5) is 6.37. The van der Waals surface area contributed by atoms with Crippen molar-refractivity contribution in [2.75, 3.05) is 33.8 Å². The minimum atomic E-state index is 0. The lowest BCUT2D eigenvalue weighted by Crippen LogP contribution is -2.41. The van der Waals surface area contributed by atoms with Gasteiger partial charge < -0.3 is 15.0 Å². The van der Waals surface area contributed by atoms with Gasteiger partial charge in [0.25, 0.3) is 0 Å². The van der Waals surface area contributed by atoms with E-state index in [1.54, 1.807) is 7.05 Å². The molecule has 6 nitrogen and oxygen atoms in total. The molecule has 7 heteroatoms. The number of ether oxygens (including phenoxy) is 1. The van der Waals surface area contributed by atoms with E-state index in [4.69, 9.17) is 4.74 Å². The minimum Gasteiger partial charge on any atom is -0.492 e. The number of rotatable bonds is 7. The Kier molecular flexibility index (Phi) is 9.21. The van der Waals surface area contributed by atoms with E-state index in [1.165, 1.54) is 5.56 Å². The van der Waals surface area contributed by atoms with E-state index in [-0.39, 0.29) is 24.0 Å². The Hall–Kier alpha value is -1.77. The summed E-state index contributed by atoms with van der Waals surface area (Å²) in [6.45, 7) is 2.20. The van der Waals surface area contributed by atoms with Crippen molar-refractivity contribution in [1.29, 1.82) is 0 Å². The van der Waals surface area contributed by atoms with Crippen LogP contribution >= 0.6 is 24.0 Å². The molecule has 0 saturated carbocycles. The van der Waals surface area contributed by atoms with Crippen molar-refractivity contribution >= 4 is 29.9 Å². The van der Waals surface area contributed by atoms with Crippen LogP contribution in [0.2, 0.25) is 0 Å². The van der Waals surface area contributed by atoms with E-state index >= 15 is 0 Å². The minimum absolute atomic E-state index is 0. The van der Waals surface area contributed by atoms with Crippen LogP contribution in [0.1, 0.15) is 5.56 Å². The number of hydrogen-bond donors (Lipinski definition) is 1. The third-order valence-electron chi connectivity index (χ3n) is 3.47. The van der Waals surface area contributed by atoms with Gasteiger partial charge in [-0.3, -0.25) is 9.67 Å². The predicted octanol–water partition coefficient (Wildman–Crippen LogP) is 2.17. The average Bonchev–Trinajstić information content (AvgIpc) is 2.98. The van der Waals surface area contributed by atoms with Crippen LogP contribution in [0.3, 0.4) is 0 Å². The molecular formula is C17H26IN5O. The second kappa shape index (κ2) is 10.9. The summed E-state index contributed by atoms with van der Waals surface area (Å²) in [6.07, 6.45) is 4.84. The van der Waals surface area contributed by atoms with E-state index in [1.807, 2.05) is 61.5 Å². The van der Waals surface area contributed by atoms with Crippen LogP contribution in [0.25, 0.3) is 0 Å². The molecule has 132 valence electrons. The van der Waals surface area contributed by atoms with Crippen LogP contribution in [-0.4, -0.2) is 54.4 Å². The first kappa shape index (κ1) is 20.3. The molecule has 0 bridgehead atoms. The second-order valence-electron chi connectivity index (χ2n) is 5.33. The van der Waals surface area contributed by atoms with E-state index in [0.29, 0.717) is 6.61 Å². The standard InChI is InChI=1S/C17H25N5O.HI/c1-18-17(19-10-9-15-13-20-22(3)14-15)21(2)11-12-23-16-7-5-4-6-8-16;/h4-8,13-14H,9-12H2,1-3H3,(H,18,19);1H. The SMILES string of the molecule is CN=C(NCCc1cnn(C)c1)N(C)CCOc1ccccc1.I. The summed E-state index contributed by atoms with van der Waals surface area (Å²) < 4.78 is 7.53. The molecule has 1 heterocycles. The second-order valence-corrected chi connectivity index (χ2v) is 5.33. The van der Waals surface area contributed by atoms with Gasteiger partial charge in [0, 0.05) is 33.9 Å². The number of aliphatic imine (C=N–C) groups is 1. The summed E-state index contributed by atoms with van der Waals surface area (Å²) in [5, 5.41) is 7.53. The number of halogens is 1. The lowest BCUT2D eigenvalue weighted by atomic mass is 10.2. The molecule has 24 heavy (non-hydrogen) atoms. The number of guanidine groups is 1. The largest absolute Gasteiger partial charge is 0.492 e. The van der Waals surface area contributed by atoms with Crippen LogP contribution in [0.15, 0.2) is 47.7 Å². The lowest BCUT2D eigenvalue weighted by molar-refractivity contribution is 0.281. The van der Waals surface area contributed by atoms with Crippen molar-refractivity contribution < 1.29 is 4.74 Å². The number of para-hydroxylation sites is 1. The molecule has 0 amide bonds. The number of aryl methyl sites for hydroxylation is 1. The van der Waals surface area contributed by atoms with E-state index in [9.17, 15) is 0 Å². The molecule has 0 aliphatic heterocycles. The Bertz CT molecular complexity index is 614. The number of nitrogens with one attached hydrogen (secondary N) is 1. The third-order valence-corrected chi connectivity index (χ3v) is 3.47. The van der Waals surface area contributed by atoms with Crippen molar-refractivity contribution in [3.8, 4) is 5.75 Å². The molecule has 1 aromatic heterocycles. The van der Waals surface area contributed by atoms with E-state index in [2.05, 4.69) is 20.3 Å². The first-order valence-corrected chi connectivity index (χ1v) is 7.76. The first-order chi connectivity index (χ1) is 11.2. The Balaban J connectivity index is 0.00000288. The Morgan fingerprint density at radius 3 is 2.71 bits per heavy atom. The molecule has 1 N–H and O–H groups in total. The molecule has 0 radical (unpaired) electrons. The summed E-state index contributed by atoms with van der Waals surface area (Å²) in [7, 11) is 5.73. The maximum Gasteiger partial charge on any atom is 0.193 e. The fourth-order valence-corrected chi connectivity index (χ4v) is 2.23. The van der Waals surface area contributed by atoms with Gasteiger partial charge in [0.1, 0.15) is 12.4 Å². The lowest BCUT2D eigenvalue weighted by Gasteiger charge is -2.22. The summed E-state index contributed by atoms with van der Waals surface area (Å²) in [5.74, 6) is 1.76. The van der Waals surface area contributed by atoms with Crippen molar-refractivity contribution in [2.24, 2.45) is 12.0 Å². The smallest absolute Gasteiger partial charge is 0.193 e. The number of likely N-dealkylation sites (N-methyl/N-ethyl adjacent to an activating group) is 1. The molecule has 0 spiro atoms. The maximum atomic E-state index is 5.71.